The molecule has 0 rings (SSSR count). The van der Waals surface area contributed by atoms with Gasteiger partial charge in [0.15, 0.2) is 0 Å². The minimum absolute atomic E-state index is 0.284. The van der Waals surface area contributed by atoms with E-state index in [1.54, 1.807) is 0 Å². The van der Waals surface area contributed by atoms with E-state index in [1.165, 1.54) is 12.8 Å². The van der Waals surface area contributed by atoms with E-state index >= 15 is 0 Å². The van der Waals surface area contributed by atoms with Crippen molar-refractivity contribution < 1.29 is 4.79 Å². The Hall–Kier alpha value is -0.330. The van der Waals surface area contributed by atoms with Gasteiger partial charge in [-0.25, -0.2) is 0 Å². The van der Waals surface area contributed by atoms with E-state index in [1.807, 2.05) is 6.92 Å². The summed E-state index contributed by atoms with van der Waals surface area (Å²) in [5, 5.41) is 0. The fourth-order valence-electron chi connectivity index (χ4n) is 1.02. The third kappa shape index (κ3) is 5.00. The van der Waals surface area contributed by atoms with Gasteiger partial charge in [0.05, 0.1) is 0 Å². The third-order valence-corrected chi connectivity index (χ3v) is 2.19. The zero-order chi connectivity index (χ0) is 8.69. The second kappa shape index (κ2) is 6.38. The monoisotopic (exact) mass is 156 g/mol. The average Bonchev–Trinajstić information content (AvgIpc) is 2.03. The van der Waals surface area contributed by atoms with Gasteiger partial charge in [-0.3, -0.25) is 4.79 Å². The van der Waals surface area contributed by atoms with Gasteiger partial charge in [-0.15, -0.1) is 0 Å². The van der Waals surface area contributed by atoms with Crippen LogP contribution in [-0.2, 0) is 4.79 Å². The van der Waals surface area contributed by atoms with Crippen molar-refractivity contribution in [3.63, 3.8) is 0 Å². The van der Waals surface area contributed by atoms with Gasteiger partial charge in [0, 0.05) is 12.3 Å². The number of unbranched alkanes of at least 4 members (excludes halogenated alkanes) is 2. The van der Waals surface area contributed by atoms with Crippen LogP contribution in [0.3, 0.4) is 0 Å². The van der Waals surface area contributed by atoms with Crippen LogP contribution in [0.25, 0.3) is 0 Å². The molecule has 0 saturated heterocycles. The predicted molar refractivity (Wildman–Crippen MR) is 48.6 cm³/mol. The Labute approximate surface area is 70.2 Å². The predicted octanol–water partition coefficient (Wildman–Crippen LogP) is 3.18. The maximum atomic E-state index is 11.2. The lowest BCUT2D eigenvalue weighted by Crippen LogP contribution is -2.08. The molecule has 1 atom stereocenters. The average molecular weight is 156 g/mol. The maximum absolute atomic E-state index is 11.2. The molecule has 0 amide bonds. The standard InChI is InChI=1S/C10H20O/c1-4-6-7-8-10(11)9(3)5-2/h9H,4-8H2,1-3H3/t9-/m0/s1. The van der Waals surface area contributed by atoms with E-state index < -0.39 is 0 Å². The maximum Gasteiger partial charge on any atom is 0.135 e. The van der Waals surface area contributed by atoms with Crippen molar-refractivity contribution in [2.24, 2.45) is 5.92 Å². The van der Waals surface area contributed by atoms with Gasteiger partial charge in [-0.2, -0.15) is 0 Å². The molecule has 0 unspecified atom stereocenters. The Morgan fingerprint density at radius 1 is 1.27 bits per heavy atom. The van der Waals surface area contributed by atoms with Crippen LogP contribution in [0.5, 0.6) is 0 Å². The van der Waals surface area contributed by atoms with Crippen molar-refractivity contribution in [2.75, 3.05) is 0 Å². The molecular formula is C10H20O. The normalized spacial score (nSPS) is 13.0. The molecule has 0 aromatic carbocycles. The van der Waals surface area contributed by atoms with Gasteiger partial charge in [0.1, 0.15) is 5.78 Å². The van der Waals surface area contributed by atoms with E-state index in [2.05, 4.69) is 13.8 Å². The molecule has 0 aliphatic carbocycles. The Kier molecular flexibility index (Phi) is 6.19. The van der Waals surface area contributed by atoms with E-state index in [9.17, 15) is 4.79 Å². The highest BCUT2D eigenvalue weighted by atomic mass is 16.1. The first-order valence-corrected chi connectivity index (χ1v) is 4.75. The SMILES string of the molecule is CCCCCC(=O)[C@@H](C)CC. The largest absolute Gasteiger partial charge is 0.299 e. The molecule has 0 heterocycles. The first-order chi connectivity index (χ1) is 5.22. The second-order valence-corrected chi connectivity index (χ2v) is 3.23. The van der Waals surface area contributed by atoms with Crippen LogP contribution in [0, 0.1) is 5.92 Å². The lowest BCUT2D eigenvalue weighted by atomic mass is 9.99. The second-order valence-electron chi connectivity index (χ2n) is 3.23. The van der Waals surface area contributed by atoms with E-state index in [4.69, 9.17) is 0 Å². The van der Waals surface area contributed by atoms with Crippen LogP contribution < -0.4 is 0 Å². The van der Waals surface area contributed by atoms with Crippen LogP contribution >= 0.6 is 0 Å². The van der Waals surface area contributed by atoms with E-state index in [0.717, 1.165) is 19.3 Å². The summed E-state index contributed by atoms with van der Waals surface area (Å²) in [7, 11) is 0. The van der Waals surface area contributed by atoms with Gasteiger partial charge in [0.2, 0.25) is 0 Å². The molecule has 0 aliphatic heterocycles. The smallest absolute Gasteiger partial charge is 0.135 e. The molecule has 1 nitrogen and oxygen atoms in total. The van der Waals surface area contributed by atoms with Crippen LogP contribution in [0.1, 0.15) is 52.9 Å². The summed E-state index contributed by atoms with van der Waals surface area (Å²) in [4.78, 5) is 11.2. The molecule has 0 aromatic rings. The number of rotatable bonds is 6. The lowest BCUT2D eigenvalue weighted by molar-refractivity contribution is -0.122. The van der Waals surface area contributed by atoms with Gasteiger partial charge in [-0.1, -0.05) is 33.6 Å². The minimum Gasteiger partial charge on any atom is -0.299 e. The Balaban J connectivity index is 3.36. The fraction of sp³-hybridized carbons (Fsp3) is 0.900. The molecule has 0 fully saturated rings. The van der Waals surface area contributed by atoms with Crippen molar-refractivity contribution in [2.45, 2.75) is 52.9 Å². The molecule has 66 valence electrons. The van der Waals surface area contributed by atoms with Gasteiger partial charge < -0.3 is 0 Å². The number of carbonyl (C=O) groups excluding carboxylic acids is 1. The molecule has 0 radical (unpaired) electrons. The molecule has 0 N–H and O–H groups in total. The van der Waals surface area contributed by atoms with Crippen LogP contribution in [-0.4, -0.2) is 5.78 Å². The van der Waals surface area contributed by atoms with Crippen molar-refractivity contribution in [1.29, 1.82) is 0 Å². The fourth-order valence-corrected chi connectivity index (χ4v) is 1.02. The van der Waals surface area contributed by atoms with Crippen molar-refractivity contribution in [3.05, 3.63) is 0 Å². The number of ketones is 1. The molecule has 1 heteroatoms. The summed E-state index contributed by atoms with van der Waals surface area (Å²) in [6.07, 6.45) is 5.27. The highest BCUT2D eigenvalue weighted by molar-refractivity contribution is 5.80. The number of hydrogen-bond acceptors (Lipinski definition) is 1. The van der Waals surface area contributed by atoms with Crippen LogP contribution in [0.15, 0.2) is 0 Å². The molecule has 0 aromatic heterocycles. The van der Waals surface area contributed by atoms with Crippen LogP contribution in [0.2, 0.25) is 0 Å². The van der Waals surface area contributed by atoms with Gasteiger partial charge in [-0.05, 0) is 12.8 Å². The number of hydrogen-bond donors (Lipinski definition) is 0. The highest BCUT2D eigenvalue weighted by Crippen LogP contribution is 2.08. The summed E-state index contributed by atoms with van der Waals surface area (Å²) in [6.45, 7) is 6.25. The van der Waals surface area contributed by atoms with Gasteiger partial charge in [0.25, 0.3) is 0 Å². The van der Waals surface area contributed by atoms with Crippen molar-refractivity contribution >= 4 is 5.78 Å². The molecule has 0 saturated carbocycles. The minimum atomic E-state index is 0.284. The zero-order valence-corrected chi connectivity index (χ0v) is 8.02. The first kappa shape index (κ1) is 10.7. The molecule has 11 heavy (non-hydrogen) atoms. The molecule has 0 bridgehead atoms. The molecule has 0 spiro atoms. The van der Waals surface area contributed by atoms with Crippen molar-refractivity contribution in [1.82, 2.24) is 0 Å². The lowest BCUT2D eigenvalue weighted by Gasteiger charge is -2.05. The van der Waals surface area contributed by atoms with Gasteiger partial charge >= 0.3 is 0 Å². The van der Waals surface area contributed by atoms with E-state index in [0.29, 0.717) is 5.78 Å². The summed E-state index contributed by atoms with van der Waals surface area (Å²) in [5.41, 5.74) is 0. The topological polar surface area (TPSA) is 17.1 Å². The Morgan fingerprint density at radius 2 is 1.91 bits per heavy atom. The Morgan fingerprint density at radius 3 is 2.36 bits per heavy atom. The number of Topliss-reactive ketones (excluding diaryl/α,β-unsaturated/α-hetero) is 1. The summed E-state index contributed by atoms with van der Waals surface area (Å²) in [5.74, 6) is 0.729. The van der Waals surface area contributed by atoms with E-state index in [-0.39, 0.29) is 5.92 Å². The molecular weight excluding hydrogens is 136 g/mol. The summed E-state index contributed by atoms with van der Waals surface area (Å²) >= 11 is 0. The quantitative estimate of drug-likeness (QED) is 0.540. The first-order valence-electron chi connectivity index (χ1n) is 4.75. The number of carbonyl (C=O) groups is 1. The zero-order valence-electron chi connectivity index (χ0n) is 8.02. The highest BCUT2D eigenvalue weighted by Gasteiger charge is 2.08. The van der Waals surface area contributed by atoms with Crippen molar-refractivity contribution in [3.8, 4) is 0 Å². The summed E-state index contributed by atoms with van der Waals surface area (Å²) in [6, 6.07) is 0. The van der Waals surface area contributed by atoms with Crippen LogP contribution in [0.4, 0.5) is 0 Å². The third-order valence-electron chi connectivity index (χ3n) is 2.19. The Bertz CT molecular complexity index is 107. The molecule has 0 aliphatic rings. The summed E-state index contributed by atoms with van der Waals surface area (Å²) < 4.78 is 0.